The van der Waals surface area contributed by atoms with Crippen LogP contribution in [0, 0.1) is 11.8 Å². The van der Waals surface area contributed by atoms with Crippen LogP contribution in [0.25, 0.3) is 0 Å². The molecule has 6 atom stereocenters. The number of fused-ring (bicyclic) bond motifs is 2. The van der Waals surface area contributed by atoms with Gasteiger partial charge in [-0.1, -0.05) is 73.9 Å². The fraction of sp³-hybridized carbons (Fsp3) is 0.594. The molecule has 0 aromatic heterocycles. The summed E-state index contributed by atoms with van der Waals surface area (Å²) in [4.78, 5) is 46.2. The van der Waals surface area contributed by atoms with Gasteiger partial charge < -0.3 is 24.4 Å². The predicted octanol–water partition coefficient (Wildman–Crippen LogP) is 3.19. The van der Waals surface area contributed by atoms with E-state index in [2.05, 4.69) is 0 Å². The Morgan fingerprint density at radius 3 is 2.55 bits per heavy atom. The van der Waals surface area contributed by atoms with Crippen molar-refractivity contribution >= 4 is 17.8 Å². The Morgan fingerprint density at radius 2 is 1.77 bits per heavy atom. The summed E-state index contributed by atoms with van der Waals surface area (Å²) in [6.45, 7) is 0.436. The van der Waals surface area contributed by atoms with E-state index in [1.54, 1.807) is 4.90 Å². The van der Waals surface area contributed by atoms with Gasteiger partial charge in [-0.15, -0.1) is 0 Å². The average molecular weight is 549 g/mol. The van der Waals surface area contributed by atoms with Crippen molar-refractivity contribution in [2.24, 2.45) is 11.8 Å². The molecule has 1 spiro atoms. The van der Waals surface area contributed by atoms with Crippen LogP contribution >= 0.6 is 0 Å². The second-order valence-corrected chi connectivity index (χ2v) is 11.9. The molecule has 1 aromatic carbocycles. The lowest BCUT2D eigenvalue weighted by Gasteiger charge is -2.41. The van der Waals surface area contributed by atoms with E-state index in [1.165, 1.54) is 6.42 Å². The maximum Gasteiger partial charge on any atom is 0.312 e. The van der Waals surface area contributed by atoms with Gasteiger partial charge in [-0.05, 0) is 44.1 Å². The number of aliphatic hydroxyl groups is 1. The minimum atomic E-state index is -1.31. The molecule has 1 N–H and O–H groups in total. The maximum atomic E-state index is 14.6. The molecule has 1 saturated carbocycles. The van der Waals surface area contributed by atoms with Crippen molar-refractivity contribution in [1.82, 2.24) is 9.80 Å². The minimum absolute atomic E-state index is 0.103. The van der Waals surface area contributed by atoms with Gasteiger partial charge in [0.05, 0.1) is 31.3 Å². The average Bonchev–Trinajstić information content (AvgIpc) is 3.37. The lowest BCUT2D eigenvalue weighted by molar-refractivity contribution is -0.157. The van der Waals surface area contributed by atoms with Gasteiger partial charge in [-0.25, -0.2) is 0 Å². The molecule has 6 rings (SSSR count). The summed E-state index contributed by atoms with van der Waals surface area (Å²) < 4.78 is 12.4. The van der Waals surface area contributed by atoms with Crippen molar-refractivity contribution < 1.29 is 29.0 Å². The number of amides is 2. The van der Waals surface area contributed by atoms with Crippen LogP contribution in [0.15, 0.2) is 54.6 Å². The Morgan fingerprint density at radius 1 is 0.975 bits per heavy atom. The monoisotopic (exact) mass is 548 g/mol. The first-order chi connectivity index (χ1) is 19.5. The second-order valence-electron chi connectivity index (χ2n) is 11.9. The smallest absolute Gasteiger partial charge is 0.312 e. The van der Waals surface area contributed by atoms with E-state index in [9.17, 15) is 19.5 Å². The number of allylic oxidation sites excluding steroid dienone is 1. The molecule has 3 fully saturated rings. The summed E-state index contributed by atoms with van der Waals surface area (Å²) in [6, 6.07) is 8.18. The molecule has 2 amide bonds. The second kappa shape index (κ2) is 11.5. The fourth-order valence-electron chi connectivity index (χ4n) is 7.62. The van der Waals surface area contributed by atoms with Crippen LogP contribution in [0.3, 0.4) is 0 Å². The Bertz CT molecular complexity index is 1160. The molecule has 1 aromatic rings. The lowest BCUT2D eigenvalue weighted by Crippen LogP contribution is -2.60. The van der Waals surface area contributed by atoms with Gasteiger partial charge in [-0.2, -0.15) is 0 Å². The lowest BCUT2D eigenvalue weighted by atomic mass is 9.77. The highest BCUT2D eigenvalue weighted by Crippen LogP contribution is 2.54. The standard InChI is InChI=1S/C32H40N2O6/c35-21-24(20-22-12-5-3-6-13-22)34-28-30(37)33(23-14-7-4-8-15-23)18-11-17-32(28)27(29(34)36)26-25(40-32)16-9-1-2-10-19-39-31(26)38/h3,5-6,9,11-13,16-17,23-28,35H,1-2,4,7-8,10,14-15,18-21H2/b16-9-/t24-,25+,26-,27+,28?,32+/m1/s1. The first-order valence-electron chi connectivity index (χ1n) is 15.0. The Kier molecular flexibility index (Phi) is 7.82. The number of carbonyl (C=O) groups is 3. The van der Waals surface area contributed by atoms with Crippen LogP contribution in [0.1, 0.15) is 56.9 Å². The quantitative estimate of drug-likeness (QED) is 0.449. The van der Waals surface area contributed by atoms with Crippen molar-refractivity contribution in [3.05, 3.63) is 60.2 Å². The minimum Gasteiger partial charge on any atom is -0.465 e. The third-order valence-corrected chi connectivity index (χ3v) is 9.50. The fourth-order valence-corrected chi connectivity index (χ4v) is 7.62. The summed E-state index contributed by atoms with van der Waals surface area (Å²) in [5.74, 6) is -2.69. The molecule has 5 aliphatic rings. The van der Waals surface area contributed by atoms with Crippen molar-refractivity contribution in [1.29, 1.82) is 0 Å². The largest absolute Gasteiger partial charge is 0.465 e. The maximum absolute atomic E-state index is 14.6. The van der Waals surface area contributed by atoms with Gasteiger partial charge in [0.15, 0.2) is 0 Å². The number of ether oxygens (including phenoxy) is 2. The van der Waals surface area contributed by atoms with Crippen molar-refractivity contribution in [2.75, 3.05) is 19.8 Å². The molecular weight excluding hydrogens is 508 g/mol. The first-order valence-corrected chi connectivity index (χ1v) is 15.0. The van der Waals surface area contributed by atoms with Crippen LogP contribution in [0.4, 0.5) is 0 Å². The van der Waals surface area contributed by atoms with Gasteiger partial charge in [-0.3, -0.25) is 14.4 Å². The summed E-state index contributed by atoms with van der Waals surface area (Å²) in [6.07, 6.45) is 15.1. The van der Waals surface area contributed by atoms with Crippen LogP contribution in [-0.4, -0.2) is 82.3 Å². The molecule has 1 aliphatic carbocycles. The van der Waals surface area contributed by atoms with Gasteiger partial charge in [0.2, 0.25) is 11.8 Å². The zero-order chi connectivity index (χ0) is 27.7. The number of hydrogen-bond donors (Lipinski definition) is 1. The predicted molar refractivity (Wildman–Crippen MR) is 148 cm³/mol. The van der Waals surface area contributed by atoms with Crippen LogP contribution in [0.2, 0.25) is 0 Å². The molecule has 214 valence electrons. The van der Waals surface area contributed by atoms with Crippen LogP contribution in [0.5, 0.6) is 0 Å². The highest BCUT2D eigenvalue weighted by molar-refractivity contribution is 5.99. The number of aliphatic hydroxyl groups excluding tert-OH is 1. The van der Waals surface area contributed by atoms with E-state index >= 15 is 0 Å². The Balaban J connectivity index is 1.44. The highest BCUT2D eigenvalue weighted by Gasteiger charge is 2.72. The number of nitrogens with zero attached hydrogens (tertiary/aromatic N) is 2. The number of cyclic esters (lactones) is 1. The number of benzene rings is 1. The van der Waals surface area contributed by atoms with E-state index in [0.717, 1.165) is 50.5 Å². The topological polar surface area (TPSA) is 96.4 Å². The number of hydrogen-bond acceptors (Lipinski definition) is 6. The molecule has 4 aliphatic heterocycles. The third-order valence-electron chi connectivity index (χ3n) is 9.50. The molecule has 1 unspecified atom stereocenters. The Hall–Kier alpha value is -2.97. The van der Waals surface area contributed by atoms with Crippen LogP contribution < -0.4 is 0 Å². The first kappa shape index (κ1) is 27.2. The third kappa shape index (κ3) is 4.69. The molecule has 8 nitrogen and oxygen atoms in total. The summed E-state index contributed by atoms with van der Waals surface area (Å²) in [5, 5.41) is 10.6. The van der Waals surface area contributed by atoms with Gasteiger partial charge in [0, 0.05) is 12.6 Å². The van der Waals surface area contributed by atoms with Gasteiger partial charge >= 0.3 is 5.97 Å². The number of rotatable bonds is 5. The SMILES string of the molecule is O=C1OCCCC/C=C\[C@@H]2O[C@]34C=CCN(C5CCCCC5)C(=O)C3N([C@@H](CO)Cc3ccccc3)C(=O)[C@@H]4[C@H]12. The summed E-state index contributed by atoms with van der Waals surface area (Å²) >= 11 is 0. The van der Waals surface area contributed by atoms with Crippen molar-refractivity contribution in [3.63, 3.8) is 0 Å². The number of esters is 1. The molecule has 2 saturated heterocycles. The van der Waals surface area contributed by atoms with E-state index in [-0.39, 0.29) is 24.5 Å². The molecule has 0 radical (unpaired) electrons. The number of likely N-dealkylation sites (tertiary alicyclic amines) is 1. The zero-order valence-electron chi connectivity index (χ0n) is 23.0. The zero-order valence-corrected chi connectivity index (χ0v) is 23.0. The van der Waals surface area contributed by atoms with Crippen molar-refractivity contribution in [2.45, 2.75) is 87.6 Å². The normalized spacial score (nSPS) is 34.5. The van der Waals surface area contributed by atoms with Crippen molar-refractivity contribution in [3.8, 4) is 0 Å². The van der Waals surface area contributed by atoms with E-state index in [4.69, 9.17) is 9.47 Å². The number of carbonyl (C=O) groups excluding carboxylic acids is 3. The van der Waals surface area contributed by atoms with E-state index in [0.29, 0.717) is 19.6 Å². The van der Waals surface area contributed by atoms with Gasteiger partial charge in [0.25, 0.3) is 0 Å². The highest BCUT2D eigenvalue weighted by atomic mass is 16.6. The molecular formula is C32H40N2O6. The molecule has 8 heteroatoms. The van der Waals surface area contributed by atoms with Gasteiger partial charge in [0.1, 0.15) is 17.6 Å². The van der Waals surface area contributed by atoms with E-state index in [1.807, 2.05) is 59.5 Å². The summed E-state index contributed by atoms with van der Waals surface area (Å²) in [7, 11) is 0. The molecule has 4 heterocycles. The summed E-state index contributed by atoms with van der Waals surface area (Å²) in [5.41, 5.74) is -0.352. The van der Waals surface area contributed by atoms with E-state index < -0.39 is 41.6 Å². The molecule has 0 bridgehead atoms. The Labute approximate surface area is 236 Å². The molecule has 40 heavy (non-hydrogen) atoms. The van der Waals surface area contributed by atoms with Crippen LogP contribution in [-0.2, 0) is 30.3 Å².